The van der Waals surface area contributed by atoms with Crippen molar-refractivity contribution in [2.24, 2.45) is 0 Å². The summed E-state index contributed by atoms with van der Waals surface area (Å²) in [6, 6.07) is 5.51. The van der Waals surface area contributed by atoms with E-state index in [0.717, 1.165) is 12.1 Å². The van der Waals surface area contributed by atoms with Crippen LogP contribution in [0.15, 0.2) is 34.2 Å². The lowest BCUT2D eigenvalue weighted by Gasteiger charge is -2.05. The molecule has 0 aliphatic rings. The summed E-state index contributed by atoms with van der Waals surface area (Å²) in [5.74, 6) is -0.409. The van der Waals surface area contributed by atoms with E-state index in [-0.39, 0.29) is 0 Å². The van der Waals surface area contributed by atoms with Crippen molar-refractivity contribution in [2.75, 3.05) is 12.4 Å². The highest BCUT2D eigenvalue weighted by Gasteiger charge is 2.06. The van der Waals surface area contributed by atoms with E-state index < -0.39 is 11.6 Å². The van der Waals surface area contributed by atoms with E-state index in [1.165, 1.54) is 17.8 Å². The smallest absolute Gasteiger partial charge is 0.159 e. The quantitative estimate of drug-likeness (QED) is 0.866. The fourth-order valence-electron chi connectivity index (χ4n) is 1.38. The number of benzene rings is 1. The zero-order valence-electron chi connectivity index (χ0n) is 9.87. The Morgan fingerprint density at radius 3 is 2.56 bits per heavy atom. The fourth-order valence-corrected chi connectivity index (χ4v) is 2.27. The minimum absolute atomic E-state index is 0.592. The number of nitrogens with one attached hydrogen (secondary N) is 1. The van der Waals surface area contributed by atoms with Crippen LogP contribution in [0.4, 0.5) is 14.6 Å². The normalized spacial score (nSPS) is 10.4. The standard InChI is InChI=1S/C12H11F2N3S/c1-7-16-11(15-2)6-12(17-7)18-8-3-4-9(13)10(14)5-8/h3-6H,1-2H3,(H,15,16,17). The van der Waals surface area contributed by atoms with Crippen molar-refractivity contribution < 1.29 is 8.78 Å². The molecule has 1 N–H and O–H groups in total. The van der Waals surface area contributed by atoms with Crippen LogP contribution in [0.2, 0.25) is 0 Å². The maximum absolute atomic E-state index is 13.1. The molecule has 0 atom stereocenters. The summed E-state index contributed by atoms with van der Waals surface area (Å²) in [5, 5.41) is 3.59. The highest BCUT2D eigenvalue weighted by molar-refractivity contribution is 7.99. The van der Waals surface area contributed by atoms with E-state index in [1.54, 1.807) is 20.0 Å². The second kappa shape index (κ2) is 5.30. The molecule has 2 rings (SSSR count). The molecule has 0 saturated carbocycles. The van der Waals surface area contributed by atoms with Crippen molar-refractivity contribution in [1.29, 1.82) is 0 Å². The van der Waals surface area contributed by atoms with Gasteiger partial charge in [0.1, 0.15) is 16.7 Å². The zero-order chi connectivity index (χ0) is 13.1. The molecule has 1 aromatic heterocycles. The highest BCUT2D eigenvalue weighted by Crippen LogP contribution is 2.28. The Kier molecular flexibility index (Phi) is 3.76. The summed E-state index contributed by atoms with van der Waals surface area (Å²) in [4.78, 5) is 8.97. The molecule has 6 heteroatoms. The Morgan fingerprint density at radius 1 is 1.11 bits per heavy atom. The van der Waals surface area contributed by atoms with Gasteiger partial charge in [0, 0.05) is 18.0 Å². The lowest BCUT2D eigenvalue weighted by Crippen LogP contribution is -1.97. The second-order valence-corrected chi connectivity index (χ2v) is 4.66. The van der Waals surface area contributed by atoms with E-state index in [2.05, 4.69) is 15.3 Å². The molecule has 2 aromatic rings. The average molecular weight is 267 g/mol. The first-order valence-electron chi connectivity index (χ1n) is 5.25. The number of aryl methyl sites for hydroxylation is 1. The van der Waals surface area contributed by atoms with Crippen molar-refractivity contribution in [1.82, 2.24) is 9.97 Å². The van der Waals surface area contributed by atoms with Crippen molar-refractivity contribution in [3.63, 3.8) is 0 Å². The number of aromatic nitrogens is 2. The molecule has 0 aliphatic heterocycles. The lowest BCUT2D eigenvalue weighted by molar-refractivity contribution is 0.506. The summed E-state index contributed by atoms with van der Waals surface area (Å²) in [6.07, 6.45) is 0. The number of rotatable bonds is 3. The van der Waals surface area contributed by atoms with Crippen LogP contribution in [0.5, 0.6) is 0 Å². The van der Waals surface area contributed by atoms with Gasteiger partial charge in [-0.3, -0.25) is 0 Å². The molecule has 0 radical (unpaired) electrons. The van der Waals surface area contributed by atoms with Gasteiger partial charge in [0.15, 0.2) is 11.6 Å². The first-order valence-corrected chi connectivity index (χ1v) is 6.06. The van der Waals surface area contributed by atoms with Crippen LogP contribution in [0.25, 0.3) is 0 Å². The van der Waals surface area contributed by atoms with Crippen LogP contribution in [-0.2, 0) is 0 Å². The summed E-state index contributed by atoms with van der Waals surface area (Å²) in [5.41, 5.74) is 0. The van der Waals surface area contributed by atoms with E-state index in [4.69, 9.17) is 0 Å². The molecule has 94 valence electrons. The molecule has 18 heavy (non-hydrogen) atoms. The maximum atomic E-state index is 13.1. The molecule has 0 spiro atoms. The van der Waals surface area contributed by atoms with Gasteiger partial charge in [0.25, 0.3) is 0 Å². The van der Waals surface area contributed by atoms with Gasteiger partial charge in [-0.1, -0.05) is 11.8 Å². The topological polar surface area (TPSA) is 37.8 Å². The van der Waals surface area contributed by atoms with E-state index in [9.17, 15) is 8.78 Å². The van der Waals surface area contributed by atoms with Crippen molar-refractivity contribution >= 4 is 17.6 Å². The predicted octanol–water partition coefficient (Wildman–Crippen LogP) is 3.26. The summed E-state index contributed by atoms with van der Waals surface area (Å²) < 4.78 is 25.9. The molecule has 0 amide bonds. The van der Waals surface area contributed by atoms with E-state index >= 15 is 0 Å². The molecule has 0 fully saturated rings. The molecule has 1 aromatic carbocycles. The Morgan fingerprint density at radius 2 is 1.89 bits per heavy atom. The molecule has 1 heterocycles. The van der Waals surface area contributed by atoms with Crippen LogP contribution in [0.3, 0.4) is 0 Å². The van der Waals surface area contributed by atoms with Crippen LogP contribution in [0.1, 0.15) is 5.82 Å². The minimum Gasteiger partial charge on any atom is -0.373 e. The third-order valence-electron chi connectivity index (χ3n) is 2.18. The Bertz CT molecular complexity index is 575. The van der Waals surface area contributed by atoms with Gasteiger partial charge in [0.2, 0.25) is 0 Å². The molecule has 0 saturated heterocycles. The molecule has 3 nitrogen and oxygen atoms in total. The number of anilines is 1. The first kappa shape index (κ1) is 12.8. The fraction of sp³-hybridized carbons (Fsp3) is 0.167. The Hall–Kier alpha value is -1.69. The van der Waals surface area contributed by atoms with Crippen molar-refractivity contribution in [3.8, 4) is 0 Å². The molecule has 0 bridgehead atoms. The highest BCUT2D eigenvalue weighted by atomic mass is 32.2. The maximum Gasteiger partial charge on any atom is 0.159 e. The monoisotopic (exact) mass is 267 g/mol. The first-order chi connectivity index (χ1) is 8.58. The van der Waals surface area contributed by atoms with Gasteiger partial charge in [-0.2, -0.15) is 0 Å². The lowest BCUT2D eigenvalue weighted by atomic mass is 10.3. The van der Waals surface area contributed by atoms with Crippen LogP contribution in [0, 0.1) is 18.6 Å². The third kappa shape index (κ3) is 2.95. The number of hydrogen-bond acceptors (Lipinski definition) is 4. The van der Waals surface area contributed by atoms with E-state index in [1.807, 2.05) is 0 Å². The zero-order valence-corrected chi connectivity index (χ0v) is 10.7. The van der Waals surface area contributed by atoms with Gasteiger partial charge in [-0.05, 0) is 25.1 Å². The largest absolute Gasteiger partial charge is 0.373 e. The molecular formula is C12H11F2N3S. The molecule has 0 aliphatic carbocycles. The summed E-state index contributed by atoms with van der Waals surface area (Å²) >= 11 is 1.26. The number of nitrogens with zero attached hydrogens (tertiary/aromatic N) is 2. The van der Waals surface area contributed by atoms with E-state index in [0.29, 0.717) is 21.6 Å². The molecular weight excluding hydrogens is 256 g/mol. The summed E-state index contributed by atoms with van der Waals surface area (Å²) in [7, 11) is 1.76. The van der Waals surface area contributed by atoms with Gasteiger partial charge >= 0.3 is 0 Å². The van der Waals surface area contributed by atoms with Gasteiger partial charge in [-0.25, -0.2) is 18.7 Å². The van der Waals surface area contributed by atoms with Gasteiger partial charge < -0.3 is 5.32 Å². The average Bonchev–Trinajstić information content (AvgIpc) is 2.33. The molecule has 0 unspecified atom stereocenters. The van der Waals surface area contributed by atoms with Crippen molar-refractivity contribution in [2.45, 2.75) is 16.8 Å². The minimum atomic E-state index is -0.861. The van der Waals surface area contributed by atoms with Gasteiger partial charge in [0.05, 0.1) is 0 Å². The number of halogens is 2. The van der Waals surface area contributed by atoms with Crippen LogP contribution < -0.4 is 5.32 Å². The summed E-state index contributed by atoms with van der Waals surface area (Å²) in [6.45, 7) is 1.77. The second-order valence-electron chi connectivity index (χ2n) is 3.57. The SMILES string of the molecule is CNc1cc(Sc2ccc(F)c(F)c2)nc(C)n1. The Balaban J connectivity index is 2.27. The van der Waals surface area contributed by atoms with Gasteiger partial charge in [-0.15, -0.1) is 0 Å². The van der Waals surface area contributed by atoms with Crippen LogP contribution >= 0.6 is 11.8 Å². The number of hydrogen-bond donors (Lipinski definition) is 1. The Labute approximate surface area is 108 Å². The van der Waals surface area contributed by atoms with Crippen LogP contribution in [-0.4, -0.2) is 17.0 Å². The third-order valence-corrected chi connectivity index (χ3v) is 3.09. The van der Waals surface area contributed by atoms with Crippen molar-refractivity contribution in [3.05, 3.63) is 41.7 Å². The predicted molar refractivity (Wildman–Crippen MR) is 66.8 cm³/mol.